The molecular formula is C28H21NO5. The maximum absolute atomic E-state index is 13.9. The molecule has 0 unspecified atom stereocenters. The van der Waals surface area contributed by atoms with Gasteiger partial charge >= 0.3 is 0 Å². The standard InChI is InChI=1S/C28H21NO5/c1-15-12-13-18(14-16(15)2)29-26(32)21-22(27(29)33)28(34-23(21)17-8-4-3-5-9-17)24(30)19-10-6-7-11-20(19)25(28)31/h3-14,21-23H,1-2H3/t21-,22+,23-/m1/s1. The average Bonchev–Trinajstić information content (AvgIpc) is 3.42. The van der Waals surface area contributed by atoms with Crippen LogP contribution in [0.15, 0.2) is 72.8 Å². The summed E-state index contributed by atoms with van der Waals surface area (Å²) in [7, 11) is 0. The normalized spacial score (nSPS) is 24.8. The molecule has 2 fully saturated rings. The number of hydrogen-bond donors (Lipinski definition) is 0. The van der Waals surface area contributed by atoms with Crippen molar-refractivity contribution < 1.29 is 23.9 Å². The minimum Gasteiger partial charge on any atom is -0.349 e. The Labute approximate surface area is 196 Å². The van der Waals surface area contributed by atoms with Crippen LogP contribution in [0.5, 0.6) is 0 Å². The predicted octanol–water partition coefficient (Wildman–Crippen LogP) is 4.00. The molecule has 0 radical (unpaired) electrons. The molecule has 0 saturated carbocycles. The number of ether oxygens (including phenoxy) is 1. The van der Waals surface area contributed by atoms with E-state index in [1.54, 1.807) is 60.7 Å². The lowest BCUT2D eigenvalue weighted by Crippen LogP contribution is -2.51. The summed E-state index contributed by atoms with van der Waals surface area (Å²) in [5.74, 6) is -4.36. The maximum atomic E-state index is 13.9. The van der Waals surface area contributed by atoms with Gasteiger partial charge in [0.15, 0.2) is 0 Å². The first kappa shape index (κ1) is 20.7. The average molecular weight is 451 g/mol. The van der Waals surface area contributed by atoms with Crippen LogP contribution < -0.4 is 4.90 Å². The predicted molar refractivity (Wildman–Crippen MR) is 123 cm³/mol. The van der Waals surface area contributed by atoms with E-state index in [2.05, 4.69) is 0 Å². The number of anilines is 1. The summed E-state index contributed by atoms with van der Waals surface area (Å²) < 4.78 is 6.27. The zero-order valence-electron chi connectivity index (χ0n) is 18.6. The summed E-state index contributed by atoms with van der Waals surface area (Å²) in [5, 5.41) is 0. The van der Waals surface area contributed by atoms with E-state index < -0.39 is 46.9 Å². The summed E-state index contributed by atoms with van der Waals surface area (Å²) >= 11 is 0. The fourth-order valence-corrected chi connectivity index (χ4v) is 5.58. The van der Waals surface area contributed by atoms with Gasteiger partial charge in [0, 0.05) is 11.1 Å². The third-order valence-electron chi connectivity index (χ3n) is 7.40. The van der Waals surface area contributed by atoms with E-state index in [4.69, 9.17) is 4.74 Å². The van der Waals surface area contributed by atoms with Gasteiger partial charge in [0.05, 0.1) is 23.6 Å². The number of ketones is 2. The van der Waals surface area contributed by atoms with Crippen LogP contribution >= 0.6 is 0 Å². The van der Waals surface area contributed by atoms with Crippen LogP contribution in [0, 0.1) is 25.7 Å². The molecule has 168 valence electrons. The topological polar surface area (TPSA) is 80.8 Å². The number of carbonyl (C=O) groups is 4. The fourth-order valence-electron chi connectivity index (χ4n) is 5.58. The van der Waals surface area contributed by atoms with Gasteiger partial charge in [-0.1, -0.05) is 60.7 Å². The van der Waals surface area contributed by atoms with Crippen molar-refractivity contribution in [1.29, 1.82) is 0 Å². The molecule has 2 amide bonds. The monoisotopic (exact) mass is 451 g/mol. The Bertz CT molecular complexity index is 1370. The highest BCUT2D eigenvalue weighted by Crippen LogP contribution is 2.57. The van der Waals surface area contributed by atoms with Crippen LogP contribution in [-0.4, -0.2) is 29.0 Å². The number of Topliss-reactive ketones (excluding diaryl/α,β-unsaturated/α-hetero) is 2. The van der Waals surface area contributed by atoms with Gasteiger partial charge in [-0.05, 0) is 42.7 Å². The smallest absolute Gasteiger partial charge is 0.241 e. The van der Waals surface area contributed by atoms with Crippen LogP contribution in [-0.2, 0) is 14.3 Å². The van der Waals surface area contributed by atoms with Gasteiger partial charge < -0.3 is 4.74 Å². The molecule has 2 aliphatic heterocycles. The highest BCUT2D eigenvalue weighted by atomic mass is 16.5. The number of rotatable bonds is 2. The molecule has 0 aromatic heterocycles. The molecule has 0 bridgehead atoms. The molecule has 2 saturated heterocycles. The Morgan fingerprint density at radius 3 is 1.97 bits per heavy atom. The summed E-state index contributed by atoms with van der Waals surface area (Å²) in [5.41, 5.74) is 1.45. The minimum absolute atomic E-state index is 0.227. The molecule has 3 aromatic rings. The lowest BCUT2D eigenvalue weighted by molar-refractivity contribution is -0.127. The first-order chi connectivity index (χ1) is 16.4. The lowest BCUT2D eigenvalue weighted by atomic mass is 9.77. The second-order valence-electron chi connectivity index (χ2n) is 9.17. The van der Waals surface area contributed by atoms with E-state index in [0.29, 0.717) is 11.3 Å². The van der Waals surface area contributed by atoms with Gasteiger partial charge in [-0.2, -0.15) is 0 Å². The molecule has 2 heterocycles. The van der Waals surface area contributed by atoms with Crippen molar-refractivity contribution in [3.05, 3.63) is 101 Å². The third-order valence-corrected chi connectivity index (χ3v) is 7.40. The van der Waals surface area contributed by atoms with Crippen molar-refractivity contribution in [1.82, 2.24) is 0 Å². The summed E-state index contributed by atoms with van der Waals surface area (Å²) in [6, 6.07) is 20.8. The molecule has 3 aliphatic rings. The van der Waals surface area contributed by atoms with Gasteiger partial charge in [-0.3, -0.25) is 19.2 Å². The largest absolute Gasteiger partial charge is 0.349 e. The second-order valence-corrected chi connectivity index (χ2v) is 9.17. The van der Waals surface area contributed by atoms with Gasteiger partial charge in [-0.25, -0.2) is 4.90 Å². The zero-order valence-corrected chi connectivity index (χ0v) is 18.6. The van der Waals surface area contributed by atoms with E-state index in [-0.39, 0.29) is 11.1 Å². The van der Waals surface area contributed by atoms with Gasteiger partial charge in [0.1, 0.15) is 0 Å². The molecule has 34 heavy (non-hydrogen) atoms. The molecule has 1 aliphatic carbocycles. The minimum atomic E-state index is -2.05. The molecule has 6 nitrogen and oxygen atoms in total. The fraction of sp³-hybridized carbons (Fsp3) is 0.214. The summed E-state index contributed by atoms with van der Waals surface area (Å²) in [6.45, 7) is 3.85. The van der Waals surface area contributed by atoms with Gasteiger partial charge in [0.25, 0.3) is 0 Å². The molecule has 0 N–H and O–H groups in total. The van der Waals surface area contributed by atoms with Crippen molar-refractivity contribution >= 4 is 29.1 Å². The Morgan fingerprint density at radius 2 is 1.35 bits per heavy atom. The first-order valence-electron chi connectivity index (χ1n) is 11.2. The molecule has 3 atom stereocenters. The number of imide groups is 1. The van der Waals surface area contributed by atoms with Crippen molar-refractivity contribution in [3.8, 4) is 0 Å². The van der Waals surface area contributed by atoms with E-state index in [1.807, 2.05) is 26.0 Å². The number of amides is 2. The second kappa shape index (κ2) is 7.05. The summed E-state index contributed by atoms with van der Waals surface area (Å²) in [6.07, 6.45) is -0.901. The molecule has 3 aromatic carbocycles. The number of fused-ring (bicyclic) bond motifs is 3. The number of benzene rings is 3. The quantitative estimate of drug-likeness (QED) is 0.435. The van der Waals surface area contributed by atoms with E-state index in [1.165, 1.54) is 0 Å². The van der Waals surface area contributed by atoms with Crippen LogP contribution in [0.25, 0.3) is 0 Å². The van der Waals surface area contributed by atoms with E-state index >= 15 is 0 Å². The number of aryl methyl sites for hydroxylation is 2. The number of carbonyl (C=O) groups excluding carboxylic acids is 4. The van der Waals surface area contributed by atoms with Crippen molar-refractivity contribution in [2.75, 3.05) is 4.90 Å². The van der Waals surface area contributed by atoms with Crippen LogP contribution in [0.1, 0.15) is 43.5 Å². The van der Waals surface area contributed by atoms with E-state index in [9.17, 15) is 19.2 Å². The highest BCUT2D eigenvalue weighted by molar-refractivity contribution is 6.37. The Hall–Kier alpha value is -3.90. The highest BCUT2D eigenvalue weighted by Gasteiger charge is 2.74. The molecule has 6 rings (SSSR count). The van der Waals surface area contributed by atoms with Crippen LogP contribution in [0.4, 0.5) is 5.69 Å². The number of nitrogens with zero attached hydrogens (tertiary/aromatic N) is 1. The van der Waals surface area contributed by atoms with Gasteiger partial charge in [0.2, 0.25) is 29.0 Å². The lowest BCUT2D eigenvalue weighted by Gasteiger charge is -2.27. The van der Waals surface area contributed by atoms with Crippen LogP contribution in [0.3, 0.4) is 0 Å². The first-order valence-corrected chi connectivity index (χ1v) is 11.2. The van der Waals surface area contributed by atoms with Crippen LogP contribution in [0.2, 0.25) is 0 Å². The Balaban J connectivity index is 1.55. The Morgan fingerprint density at radius 1 is 0.735 bits per heavy atom. The van der Waals surface area contributed by atoms with E-state index in [0.717, 1.165) is 16.0 Å². The molecule has 6 heteroatoms. The maximum Gasteiger partial charge on any atom is 0.241 e. The molecule has 1 spiro atoms. The third kappa shape index (κ3) is 2.49. The van der Waals surface area contributed by atoms with Gasteiger partial charge in [-0.15, -0.1) is 0 Å². The Kier molecular flexibility index (Phi) is 4.29. The van der Waals surface area contributed by atoms with Crippen molar-refractivity contribution in [3.63, 3.8) is 0 Å². The summed E-state index contributed by atoms with van der Waals surface area (Å²) in [4.78, 5) is 56.3. The number of hydrogen-bond acceptors (Lipinski definition) is 5. The van der Waals surface area contributed by atoms with Crippen molar-refractivity contribution in [2.24, 2.45) is 11.8 Å². The SMILES string of the molecule is Cc1ccc(N2C(=O)[C@H]3[C@@H](c4ccccc4)OC4(C(=O)c5ccccc5C4=O)[C@@H]3C2=O)cc1C. The zero-order chi connectivity index (χ0) is 23.8. The molecular weight excluding hydrogens is 430 g/mol. The van der Waals surface area contributed by atoms with Crippen molar-refractivity contribution in [2.45, 2.75) is 25.6 Å².